The maximum Gasteiger partial charge on any atom is 0.0726 e. The van der Waals surface area contributed by atoms with E-state index in [1.807, 2.05) is 0 Å². The summed E-state index contributed by atoms with van der Waals surface area (Å²) in [5, 5.41) is 5.11. The summed E-state index contributed by atoms with van der Waals surface area (Å²) < 4.78 is 2.46. The second-order valence-corrected chi connectivity index (χ2v) is 13.3. The van der Waals surface area contributed by atoms with Crippen molar-refractivity contribution in [2.75, 3.05) is 0 Å². The van der Waals surface area contributed by atoms with E-state index in [4.69, 9.17) is 0 Å². The first-order chi connectivity index (χ1) is 23.8. The molecule has 11 rings (SSSR count). The highest BCUT2D eigenvalue weighted by Crippen LogP contribution is 2.64. The van der Waals surface area contributed by atoms with Crippen LogP contribution in [0.2, 0.25) is 0 Å². The van der Waals surface area contributed by atoms with Crippen LogP contribution in [-0.4, -0.2) is 4.57 Å². The average Bonchev–Trinajstić information content (AvgIpc) is 3.75. The quantitative estimate of drug-likeness (QED) is 0.184. The highest BCUT2D eigenvalue weighted by Gasteiger charge is 2.52. The van der Waals surface area contributed by atoms with Gasteiger partial charge in [-0.3, -0.25) is 0 Å². The third-order valence-electron chi connectivity index (χ3n) is 11.0. The number of rotatable bonds is 2. The Morgan fingerprint density at radius 3 is 1.69 bits per heavy atom. The molecule has 0 radical (unpaired) electrons. The minimum absolute atomic E-state index is 0.458. The van der Waals surface area contributed by atoms with Crippen LogP contribution < -0.4 is 0 Å². The first kappa shape index (κ1) is 25.9. The van der Waals surface area contributed by atoms with Crippen LogP contribution >= 0.6 is 0 Å². The molecule has 0 fully saturated rings. The highest BCUT2D eigenvalue weighted by atomic mass is 15.0. The molecule has 0 bridgehead atoms. The average molecular weight is 608 g/mol. The van der Waals surface area contributed by atoms with Gasteiger partial charge in [-0.25, -0.2) is 0 Å². The number of para-hydroxylation sites is 2. The molecule has 1 unspecified atom stereocenters. The van der Waals surface area contributed by atoms with Crippen LogP contribution in [0.1, 0.15) is 22.3 Å². The predicted octanol–water partition coefficient (Wildman–Crippen LogP) is 11.9. The zero-order valence-electron chi connectivity index (χ0n) is 26.2. The SMILES string of the molecule is c1ccc(-c2ccc3c(c2)C2(c4ccccc4-3)c3cc(-n4c5ccccc5c5ccccc54)ccc3-c3cc4ccccc4cc32)cc1. The fourth-order valence-corrected chi connectivity index (χ4v) is 9.01. The van der Waals surface area contributed by atoms with Crippen LogP contribution in [0, 0.1) is 0 Å². The van der Waals surface area contributed by atoms with Gasteiger partial charge in [0.25, 0.3) is 0 Å². The third-order valence-corrected chi connectivity index (χ3v) is 11.0. The van der Waals surface area contributed by atoms with Gasteiger partial charge >= 0.3 is 0 Å². The molecule has 9 aromatic rings. The van der Waals surface area contributed by atoms with E-state index in [1.54, 1.807) is 0 Å². The van der Waals surface area contributed by atoms with Gasteiger partial charge in [0.2, 0.25) is 0 Å². The minimum atomic E-state index is -0.458. The van der Waals surface area contributed by atoms with Crippen LogP contribution in [0.25, 0.3) is 71.6 Å². The second-order valence-electron chi connectivity index (χ2n) is 13.3. The van der Waals surface area contributed by atoms with Gasteiger partial charge in [0, 0.05) is 16.5 Å². The van der Waals surface area contributed by atoms with Crippen molar-refractivity contribution in [2.45, 2.75) is 5.41 Å². The van der Waals surface area contributed by atoms with E-state index in [-0.39, 0.29) is 0 Å². The van der Waals surface area contributed by atoms with Crippen LogP contribution in [0.3, 0.4) is 0 Å². The summed E-state index contributed by atoms with van der Waals surface area (Å²) in [7, 11) is 0. The van der Waals surface area contributed by atoms with Crippen molar-refractivity contribution in [1.82, 2.24) is 4.57 Å². The molecule has 2 aliphatic rings. The summed E-state index contributed by atoms with van der Waals surface area (Å²) in [5.74, 6) is 0. The number of benzene rings is 8. The molecule has 0 amide bonds. The molecule has 1 spiro atoms. The van der Waals surface area contributed by atoms with E-state index in [1.165, 1.54) is 93.9 Å². The van der Waals surface area contributed by atoms with Crippen molar-refractivity contribution >= 4 is 32.6 Å². The van der Waals surface area contributed by atoms with E-state index < -0.39 is 5.41 Å². The fraction of sp³-hybridized carbons (Fsp3) is 0.0213. The van der Waals surface area contributed by atoms with E-state index >= 15 is 0 Å². The molecule has 1 nitrogen and oxygen atoms in total. The molecule has 1 atom stereocenters. The van der Waals surface area contributed by atoms with E-state index in [2.05, 4.69) is 180 Å². The van der Waals surface area contributed by atoms with Crippen molar-refractivity contribution in [3.63, 3.8) is 0 Å². The summed E-state index contributed by atoms with van der Waals surface area (Å²) >= 11 is 0. The fourth-order valence-electron chi connectivity index (χ4n) is 9.01. The largest absolute Gasteiger partial charge is 0.309 e. The first-order valence-electron chi connectivity index (χ1n) is 16.8. The highest BCUT2D eigenvalue weighted by molar-refractivity contribution is 6.09. The lowest BCUT2D eigenvalue weighted by molar-refractivity contribution is 0.794. The van der Waals surface area contributed by atoms with Gasteiger partial charge < -0.3 is 4.57 Å². The molecule has 1 heterocycles. The molecule has 0 aliphatic heterocycles. The van der Waals surface area contributed by atoms with Gasteiger partial charge in [-0.05, 0) is 109 Å². The Morgan fingerprint density at radius 1 is 0.333 bits per heavy atom. The zero-order chi connectivity index (χ0) is 31.4. The number of aromatic nitrogens is 1. The molecule has 0 N–H and O–H groups in total. The summed E-state index contributed by atoms with van der Waals surface area (Å²) in [5.41, 5.74) is 16.4. The monoisotopic (exact) mass is 607 g/mol. The number of hydrogen-bond donors (Lipinski definition) is 0. The Hall–Kier alpha value is -6.18. The summed E-state index contributed by atoms with van der Waals surface area (Å²) in [4.78, 5) is 0. The summed E-state index contributed by atoms with van der Waals surface area (Å²) in [6, 6.07) is 65.6. The number of hydrogen-bond acceptors (Lipinski definition) is 0. The molecule has 0 saturated heterocycles. The third kappa shape index (κ3) is 3.25. The lowest BCUT2D eigenvalue weighted by Gasteiger charge is -2.31. The Labute approximate surface area is 279 Å². The number of nitrogens with zero attached hydrogens (tertiary/aromatic N) is 1. The van der Waals surface area contributed by atoms with Gasteiger partial charge in [0.1, 0.15) is 0 Å². The van der Waals surface area contributed by atoms with Crippen LogP contribution in [0.4, 0.5) is 0 Å². The van der Waals surface area contributed by atoms with E-state index in [9.17, 15) is 0 Å². The summed E-state index contributed by atoms with van der Waals surface area (Å²) in [6.45, 7) is 0. The van der Waals surface area contributed by atoms with Gasteiger partial charge in [0.05, 0.1) is 16.4 Å². The maximum atomic E-state index is 2.50. The molecular formula is C47H29N. The van der Waals surface area contributed by atoms with Gasteiger partial charge in [-0.1, -0.05) is 133 Å². The molecule has 2 aliphatic carbocycles. The van der Waals surface area contributed by atoms with Gasteiger partial charge in [0.15, 0.2) is 0 Å². The van der Waals surface area contributed by atoms with Crippen LogP contribution in [0.15, 0.2) is 176 Å². The van der Waals surface area contributed by atoms with Crippen molar-refractivity contribution < 1.29 is 0 Å². The maximum absolute atomic E-state index is 2.50. The van der Waals surface area contributed by atoms with Crippen molar-refractivity contribution in [1.29, 1.82) is 0 Å². The molecule has 1 aromatic heterocycles. The zero-order valence-corrected chi connectivity index (χ0v) is 26.2. The topological polar surface area (TPSA) is 4.93 Å². The molecule has 0 saturated carbocycles. The Kier molecular flexibility index (Phi) is 5.10. The van der Waals surface area contributed by atoms with E-state index in [0.717, 1.165) is 0 Å². The Bertz CT molecular complexity index is 2730. The predicted molar refractivity (Wildman–Crippen MR) is 200 cm³/mol. The lowest BCUT2D eigenvalue weighted by Crippen LogP contribution is -2.26. The van der Waals surface area contributed by atoms with Gasteiger partial charge in [-0.2, -0.15) is 0 Å². The molecule has 48 heavy (non-hydrogen) atoms. The van der Waals surface area contributed by atoms with Gasteiger partial charge in [-0.15, -0.1) is 0 Å². The van der Waals surface area contributed by atoms with E-state index in [0.29, 0.717) is 0 Å². The van der Waals surface area contributed by atoms with Crippen molar-refractivity contribution in [3.8, 4) is 39.1 Å². The standard InChI is InChI=1S/C47H29N/c1-2-12-30(13-3-1)33-22-24-36-35-16-6-9-19-41(35)47(42(36)28-33)43-27-32-15-5-4-14-31(32)26-40(43)37-25-23-34(29-44(37)47)48-45-20-10-7-17-38(45)39-18-8-11-21-46(39)48/h1-29H. The normalized spacial score (nSPS) is 15.6. The van der Waals surface area contributed by atoms with Crippen LogP contribution in [0.5, 0.6) is 0 Å². The molecule has 222 valence electrons. The summed E-state index contributed by atoms with van der Waals surface area (Å²) in [6.07, 6.45) is 0. The molecule has 8 aromatic carbocycles. The first-order valence-corrected chi connectivity index (χ1v) is 16.8. The lowest BCUT2D eigenvalue weighted by atomic mass is 9.70. The smallest absolute Gasteiger partial charge is 0.0726 e. The van der Waals surface area contributed by atoms with Crippen molar-refractivity contribution in [3.05, 3.63) is 198 Å². The molecule has 1 heteroatoms. The van der Waals surface area contributed by atoms with Crippen molar-refractivity contribution in [2.24, 2.45) is 0 Å². The molecular weight excluding hydrogens is 579 g/mol. The Morgan fingerprint density at radius 2 is 0.896 bits per heavy atom. The van der Waals surface area contributed by atoms with Crippen LogP contribution in [-0.2, 0) is 5.41 Å². The second kappa shape index (κ2) is 9.44. The minimum Gasteiger partial charge on any atom is -0.309 e. The number of fused-ring (bicyclic) bond motifs is 14. The Balaban J connectivity index is 1.29.